The molecule has 0 amide bonds. The summed E-state index contributed by atoms with van der Waals surface area (Å²) in [6.07, 6.45) is 3.09. The van der Waals surface area contributed by atoms with Crippen LogP contribution in [0.15, 0.2) is 56.2 Å². The maximum atomic E-state index is 13.4. The third-order valence-electron chi connectivity index (χ3n) is 5.70. The molecule has 0 spiro atoms. The third-order valence-corrected chi connectivity index (χ3v) is 7.52. The number of hydrogen-bond acceptors (Lipinski definition) is 9. The molecule has 4 N–H and O–H groups in total. The van der Waals surface area contributed by atoms with Gasteiger partial charge in [0.25, 0.3) is 20.2 Å². The van der Waals surface area contributed by atoms with Gasteiger partial charge in [-0.05, 0) is 18.9 Å². The highest BCUT2D eigenvalue weighted by Gasteiger charge is 2.37. The maximum Gasteiger partial charge on any atom is 0.296 e. The molecule has 13 heteroatoms. The van der Waals surface area contributed by atoms with Crippen LogP contribution in [0, 0.1) is 5.92 Å². The molecule has 0 fully saturated rings. The highest BCUT2D eigenvalue weighted by atomic mass is 32.2. The van der Waals surface area contributed by atoms with Crippen LogP contribution in [0.4, 0.5) is 11.4 Å². The van der Waals surface area contributed by atoms with Crippen LogP contribution in [0.2, 0.25) is 0 Å². The van der Waals surface area contributed by atoms with E-state index in [4.69, 9.17) is 5.73 Å². The lowest BCUT2D eigenvalue weighted by molar-refractivity contribution is 0.0980. The number of aliphatic imine (C=N–C) groups is 2. The fraction of sp³-hybridized carbons (Fsp3) is 0.182. The summed E-state index contributed by atoms with van der Waals surface area (Å²) in [5.74, 6) is -1.86. The second kappa shape index (κ2) is 8.61. The second-order valence-electron chi connectivity index (χ2n) is 7.91. The van der Waals surface area contributed by atoms with Gasteiger partial charge in [0.05, 0.1) is 28.2 Å². The van der Waals surface area contributed by atoms with Gasteiger partial charge in [0.2, 0.25) is 0 Å². The first-order valence-electron chi connectivity index (χ1n) is 10.2. The van der Waals surface area contributed by atoms with Crippen LogP contribution >= 0.6 is 0 Å². The van der Waals surface area contributed by atoms with Crippen LogP contribution in [0.3, 0.4) is 0 Å². The molecule has 182 valence electrons. The minimum absolute atomic E-state index is 0.0133. The van der Waals surface area contributed by atoms with Crippen molar-refractivity contribution in [2.24, 2.45) is 15.9 Å². The summed E-state index contributed by atoms with van der Waals surface area (Å²) in [4.78, 5) is 33.2. The van der Waals surface area contributed by atoms with Gasteiger partial charge in [-0.1, -0.05) is 30.3 Å². The van der Waals surface area contributed by atoms with Crippen molar-refractivity contribution in [2.45, 2.75) is 17.7 Å². The molecule has 2 aromatic rings. The maximum absolute atomic E-state index is 13.4. The van der Waals surface area contributed by atoms with Crippen molar-refractivity contribution >= 4 is 55.1 Å². The van der Waals surface area contributed by atoms with Crippen molar-refractivity contribution in [2.75, 3.05) is 12.8 Å². The number of benzene rings is 2. The molecule has 0 saturated heterocycles. The van der Waals surface area contributed by atoms with Gasteiger partial charge in [-0.2, -0.15) is 16.8 Å². The summed E-state index contributed by atoms with van der Waals surface area (Å²) in [6.45, 7) is 0. The highest BCUT2D eigenvalue weighted by Crippen LogP contribution is 2.41. The van der Waals surface area contributed by atoms with Crippen LogP contribution in [0.5, 0.6) is 0 Å². The Hall–Kier alpha value is -3.52. The van der Waals surface area contributed by atoms with Crippen LogP contribution < -0.4 is 5.73 Å². The molecule has 4 rings (SSSR count). The molecular formula is C22H19N3O8S2. The summed E-state index contributed by atoms with van der Waals surface area (Å²) in [5.41, 5.74) is 3.96. The predicted molar refractivity (Wildman–Crippen MR) is 128 cm³/mol. The van der Waals surface area contributed by atoms with E-state index in [9.17, 15) is 35.5 Å². The Morgan fingerprint density at radius 3 is 2.14 bits per heavy atom. The van der Waals surface area contributed by atoms with E-state index < -0.39 is 58.8 Å². The van der Waals surface area contributed by atoms with E-state index >= 15 is 0 Å². The van der Waals surface area contributed by atoms with Crippen LogP contribution in [-0.4, -0.2) is 56.5 Å². The Morgan fingerprint density at radius 2 is 1.60 bits per heavy atom. The molecule has 35 heavy (non-hydrogen) atoms. The van der Waals surface area contributed by atoms with Gasteiger partial charge in [0, 0.05) is 30.3 Å². The lowest BCUT2D eigenvalue weighted by Crippen LogP contribution is -2.24. The largest absolute Gasteiger partial charge is 0.397 e. The molecule has 0 radical (unpaired) electrons. The van der Waals surface area contributed by atoms with Crippen molar-refractivity contribution in [1.82, 2.24) is 0 Å². The number of rotatable bonds is 4. The number of allylic oxidation sites excluding steroid dienone is 2. The number of carbonyl (C=O) groups is 2. The molecule has 0 saturated carbocycles. The number of nitrogens with two attached hydrogens (primary N) is 1. The molecule has 11 nitrogen and oxygen atoms in total. The van der Waals surface area contributed by atoms with Crippen molar-refractivity contribution in [3.8, 4) is 0 Å². The SMILES string of the molecule is CN=CC1C=C(S(=O)(=O)O)C(=Nc2cc(S(=O)(=O)O)c(N)c3c2C(=O)c2ccccc2C3=O)CC1. The van der Waals surface area contributed by atoms with E-state index in [0.717, 1.165) is 6.07 Å². The van der Waals surface area contributed by atoms with Crippen molar-refractivity contribution in [1.29, 1.82) is 0 Å². The Labute approximate surface area is 200 Å². The van der Waals surface area contributed by atoms with Gasteiger partial charge in [-0.3, -0.25) is 23.7 Å². The standard InChI is InChI=1S/C22H19N3O8S2/c1-24-10-11-6-7-14(16(8-11)34(28,29)30)25-15-9-17(35(31,32)33)20(23)19-18(15)21(26)12-4-2-3-5-13(12)22(19)27/h2-5,8-11H,6-7,23H2,1H3,(H,28,29,30)(H,31,32,33). The number of hydrogen-bond donors (Lipinski definition) is 3. The Balaban J connectivity index is 2.05. The number of nitrogen functional groups attached to an aromatic ring is 1. The summed E-state index contributed by atoms with van der Waals surface area (Å²) in [6, 6.07) is 6.63. The third kappa shape index (κ3) is 4.34. The summed E-state index contributed by atoms with van der Waals surface area (Å²) < 4.78 is 67.7. The monoisotopic (exact) mass is 517 g/mol. The van der Waals surface area contributed by atoms with E-state index in [1.54, 1.807) is 0 Å². The van der Waals surface area contributed by atoms with E-state index in [2.05, 4.69) is 9.98 Å². The zero-order valence-electron chi connectivity index (χ0n) is 18.2. The van der Waals surface area contributed by atoms with E-state index in [1.165, 1.54) is 43.6 Å². The van der Waals surface area contributed by atoms with Gasteiger partial charge in [0.1, 0.15) is 9.80 Å². The van der Waals surface area contributed by atoms with Gasteiger partial charge in [0.15, 0.2) is 11.6 Å². The summed E-state index contributed by atoms with van der Waals surface area (Å²) in [7, 11) is -8.22. The quantitative estimate of drug-likeness (QED) is 0.264. The molecule has 0 bridgehead atoms. The normalized spacial score (nSPS) is 19.6. The van der Waals surface area contributed by atoms with Crippen LogP contribution in [0.25, 0.3) is 0 Å². The van der Waals surface area contributed by atoms with Gasteiger partial charge in [-0.25, -0.2) is 0 Å². The van der Waals surface area contributed by atoms with E-state index in [-0.39, 0.29) is 34.5 Å². The zero-order valence-corrected chi connectivity index (χ0v) is 19.8. The van der Waals surface area contributed by atoms with Crippen molar-refractivity contribution in [3.63, 3.8) is 0 Å². The molecule has 0 heterocycles. The number of ketones is 2. The summed E-state index contributed by atoms with van der Waals surface area (Å²) >= 11 is 0. The van der Waals surface area contributed by atoms with Gasteiger partial charge in [-0.15, -0.1) is 0 Å². The van der Waals surface area contributed by atoms with Gasteiger partial charge < -0.3 is 10.7 Å². The zero-order chi connectivity index (χ0) is 25.7. The van der Waals surface area contributed by atoms with E-state index in [1.807, 2.05) is 0 Å². The first-order valence-corrected chi connectivity index (χ1v) is 13.0. The number of nitrogens with zero attached hydrogens (tertiary/aromatic N) is 2. The summed E-state index contributed by atoms with van der Waals surface area (Å²) in [5, 5.41) is 0. The van der Waals surface area contributed by atoms with Crippen molar-refractivity contribution in [3.05, 3.63) is 63.6 Å². The fourth-order valence-electron chi connectivity index (χ4n) is 4.18. The minimum atomic E-state index is -4.96. The lowest BCUT2D eigenvalue weighted by atomic mass is 9.82. The van der Waals surface area contributed by atoms with Crippen LogP contribution in [-0.2, 0) is 20.2 Å². The van der Waals surface area contributed by atoms with E-state index in [0.29, 0.717) is 6.42 Å². The molecule has 0 aliphatic heterocycles. The average molecular weight is 518 g/mol. The topological polar surface area (TPSA) is 194 Å². The molecular weight excluding hydrogens is 498 g/mol. The smallest absolute Gasteiger partial charge is 0.296 e. The van der Waals surface area contributed by atoms with Crippen molar-refractivity contribution < 1.29 is 35.5 Å². The second-order valence-corrected chi connectivity index (χ2v) is 10.7. The molecule has 1 unspecified atom stereocenters. The minimum Gasteiger partial charge on any atom is -0.397 e. The predicted octanol–water partition coefficient (Wildman–Crippen LogP) is 2.25. The molecule has 2 aromatic carbocycles. The number of carbonyl (C=O) groups excluding carboxylic acids is 2. The lowest BCUT2D eigenvalue weighted by Gasteiger charge is -2.23. The first-order chi connectivity index (χ1) is 16.3. The fourth-order valence-corrected chi connectivity index (χ4v) is 5.61. The Morgan fingerprint density at radius 1 is 1.00 bits per heavy atom. The molecule has 0 aromatic heterocycles. The van der Waals surface area contributed by atoms with Gasteiger partial charge >= 0.3 is 0 Å². The van der Waals surface area contributed by atoms with Crippen LogP contribution in [0.1, 0.15) is 44.7 Å². The average Bonchev–Trinajstić information content (AvgIpc) is 2.78. The Bertz CT molecular complexity index is 1600. The molecule has 2 aliphatic carbocycles. The molecule has 1 atom stereocenters. The molecule has 2 aliphatic rings. The highest BCUT2D eigenvalue weighted by molar-refractivity contribution is 7.90. The number of fused-ring (bicyclic) bond motifs is 2. The number of anilines is 1. The first kappa shape index (κ1) is 24.6. The Kier molecular flexibility index (Phi) is 6.05.